The Morgan fingerprint density at radius 3 is 2.94 bits per heavy atom. The molecule has 1 saturated heterocycles. The monoisotopic (exact) mass is 230 g/mol. The average Bonchev–Trinajstić information content (AvgIpc) is 2.92. The van der Waals surface area contributed by atoms with Crippen molar-refractivity contribution in [2.24, 2.45) is 0 Å². The molecule has 0 N–H and O–H groups in total. The van der Waals surface area contributed by atoms with Crippen LogP contribution in [0.4, 0.5) is 0 Å². The Balaban J connectivity index is 1.89. The molecule has 84 valence electrons. The van der Waals surface area contributed by atoms with Gasteiger partial charge in [-0.3, -0.25) is 0 Å². The van der Waals surface area contributed by atoms with Crippen LogP contribution in [0.3, 0.4) is 0 Å². The van der Waals surface area contributed by atoms with Gasteiger partial charge in [-0.2, -0.15) is 0 Å². The normalized spacial score (nSPS) is 28.7. The summed E-state index contributed by atoms with van der Waals surface area (Å²) in [6.07, 6.45) is 13.0. The summed E-state index contributed by atoms with van der Waals surface area (Å²) < 4.78 is 6.01. The molecule has 1 heterocycles. The summed E-state index contributed by atoms with van der Waals surface area (Å²) in [7, 11) is 0. The van der Waals surface area contributed by atoms with Crippen LogP contribution >= 0.6 is 0 Å². The summed E-state index contributed by atoms with van der Waals surface area (Å²) in [5.41, 5.74) is 6.14. The van der Waals surface area contributed by atoms with E-state index in [0.717, 1.165) is 5.76 Å². The van der Waals surface area contributed by atoms with Crippen LogP contribution in [-0.4, -0.2) is 0 Å². The van der Waals surface area contributed by atoms with Gasteiger partial charge in [0, 0.05) is 11.1 Å². The van der Waals surface area contributed by atoms with Gasteiger partial charge in [-0.05, 0) is 22.8 Å². The third kappa shape index (κ3) is 0.799. The molecular weight excluding hydrogens is 220 g/mol. The molecule has 1 nitrogen and oxygen atoms in total. The smallest absolute Gasteiger partial charge is 0.216 e. The van der Waals surface area contributed by atoms with E-state index in [1.807, 2.05) is 0 Å². The maximum Gasteiger partial charge on any atom is 0.216 e. The number of benzene rings is 1. The van der Waals surface area contributed by atoms with E-state index in [1.54, 1.807) is 0 Å². The van der Waals surface area contributed by atoms with Crippen LogP contribution in [-0.2, 0) is 10.3 Å². The zero-order valence-corrected chi connectivity index (χ0v) is 9.68. The third-order valence-corrected chi connectivity index (χ3v) is 4.14. The lowest BCUT2D eigenvalue weighted by molar-refractivity contribution is 0.357. The van der Waals surface area contributed by atoms with Crippen LogP contribution in [0.1, 0.15) is 11.1 Å². The van der Waals surface area contributed by atoms with Gasteiger partial charge in [0.2, 0.25) is 5.60 Å². The second kappa shape index (κ2) is 2.59. The molecule has 18 heavy (non-hydrogen) atoms. The van der Waals surface area contributed by atoms with Crippen molar-refractivity contribution < 1.29 is 4.74 Å². The standard InChI is InChI=1S/C17H10O/c1-2-7-14-11(4-1)8-9-15-13-6-3-5-12(13)10-16-17(14,15)18-16/h1-10H/t17-/m1/s1. The maximum absolute atomic E-state index is 6.01. The first kappa shape index (κ1) is 8.76. The highest BCUT2D eigenvalue weighted by atomic mass is 16.6. The minimum absolute atomic E-state index is 0.271. The van der Waals surface area contributed by atoms with E-state index in [2.05, 4.69) is 60.7 Å². The Hall–Kier alpha value is -2.28. The highest BCUT2D eigenvalue weighted by molar-refractivity contribution is 5.78. The molecule has 3 aliphatic carbocycles. The van der Waals surface area contributed by atoms with Gasteiger partial charge in [0.05, 0.1) is 0 Å². The van der Waals surface area contributed by atoms with Crippen molar-refractivity contribution in [3.05, 3.63) is 88.3 Å². The van der Waals surface area contributed by atoms with Gasteiger partial charge in [-0.1, -0.05) is 54.6 Å². The first-order valence-corrected chi connectivity index (χ1v) is 6.22. The summed E-state index contributed by atoms with van der Waals surface area (Å²) in [6, 6.07) is 8.49. The SMILES string of the molecule is C1=CC2=C3C=Cc4ccccc4[C@@]34OC4=CC2=C1. The Labute approximate surface area is 105 Å². The van der Waals surface area contributed by atoms with Crippen molar-refractivity contribution in [1.82, 2.24) is 0 Å². The molecule has 0 saturated carbocycles. The van der Waals surface area contributed by atoms with Gasteiger partial charge >= 0.3 is 0 Å². The Bertz CT molecular complexity index is 756. The first-order chi connectivity index (χ1) is 8.89. The summed E-state index contributed by atoms with van der Waals surface area (Å²) in [4.78, 5) is 0. The number of epoxide rings is 1. The van der Waals surface area contributed by atoms with E-state index in [-0.39, 0.29) is 5.60 Å². The van der Waals surface area contributed by atoms with E-state index in [0.29, 0.717) is 0 Å². The zero-order chi connectivity index (χ0) is 11.7. The van der Waals surface area contributed by atoms with Crippen molar-refractivity contribution in [2.45, 2.75) is 5.60 Å². The van der Waals surface area contributed by atoms with E-state index in [1.165, 1.54) is 27.8 Å². The summed E-state index contributed by atoms with van der Waals surface area (Å²) in [5, 5.41) is 0. The molecule has 1 aliphatic heterocycles. The molecule has 0 amide bonds. The lowest BCUT2D eigenvalue weighted by Gasteiger charge is -2.23. The van der Waals surface area contributed by atoms with Gasteiger partial charge in [-0.25, -0.2) is 0 Å². The van der Waals surface area contributed by atoms with Gasteiger partial charge in [0.1, 0.15) is 0 Å². The second-order valence-corrected chi connectivity index (χ2v) is 5.02. The fourth-order valence-electron chi connectivity index (χ4n) is 3.27. The quantitative estimate of drug-likeness (QED) is 0.620. The Kier molecular flexibility index (Phi) is 1.26. The van der Waals surface area contributed by atoms with Crippen LogP contribution < -0.4 is 0 Å². The van der Waals surface area contributed by atoms with E-state index in [9.17, 15) is 0 Å². The highest BCUT2D eigenvalue weighted by Crippen LogP contribution is 2.62. The van der Waals surface area contributed by atoms with Crippen molar-refractivity contribution in [3.8, 4) is 0 Å². The molecule has 0 aromatic heterocycles. The summed E-state index contributed by atoms with van der Waals surface area (Å²) in [6.45, 7) is 0. The molecule has 0 unspecified atom stereocenters. The molecule has 1 spiro atoms. The van der Waals surface area contributed by atoms with E-state index < -0.39 is 0 Å². The molecule has 0 radical (unpaired) electrons. The number of rotatable bonds is 0. The lowest BCUT2D eigenvalue weighted by Crippen LogP contribution is -2.18. The number of hydrogen-bond acceptors (Lipinski definition) is 1. The maximum atomic E-state index is 6.01. The van der Waals surface area contributed by atoms with Gasteiger partial charge in [0.25, 0.3) is 0 Å². The van der Waals surface area contributed by atoms with Crippen molar-refractivity contribution >= 4 is 6.08 Å². The largest absolute Gasteiger partial charge is 0.469 e. The molecule has 1 atom stereocenters. The molecule has 4 aliphatic rings. The Morgan fingerprint density at radius 2 is 1.94 bits per heavy atom. The third-order valence-electron chi connectivity index (χ3n) is 4.14. The summed E-state index contributed by atoms with van der Waals surface area (Å²) >= 11 is 0. The fraction of sp³-hybridized carbons (Fsp3) is 0.0588. The van der Waals surface area contributed by atoms with Crippen LogP contribution in [0, 0.1) is 0 Å². The number of fused-ring (bicyclic) bond motifs is 2. The zero-order valence-electron chi connectivity index (χ0n) is 9.68. The number of ether oxygens (including phenoxy) is 1. The number of allylic oxidation sites excluding steroid dienone is 6. The van der Waals surface area contributed by atoms with Crippen LogP contribution in [0.2, 0.25) is 0 Å². The lowest BCUT2D eigenvalue weighted by atomic mass is 9.76. The molecular formula is C17H10O. The van der Waals surface area contributed by atoms with Gasteiger partial charge in [0.15, 0.2) is 5.76 Å². The van der Waals surface area contributed by atoms with E-state index >= 15 is 0 Å². The predicted molar refractivity (Wildman–Crippen MR) is 70.6 cm³/mol. The first-order valence-electron chi connectivity index (χ1n) is 6.22. The van der Waals surface area contributed by atoms with Crippen LogP contribution in [0.15, 0.2) is 77.1 Å². The minimum Gasteiger partial charge on any atom is -0.469 e. The van der Waals surface area contributed by atoms with Crippen molar-refractivity contribution in [1.29, 1.82) is 0 Å². The molecule has 0 bridgehead atoms. The van der Waals surface area contributed by atoms with Crippen LogP contribution in [0.5, 0.6) is 0 Å². The minimum atomic E-state index is -0.271. The number of hydrogen-bond donors (Lipinski definition) is 0. The average molecular weight is 230 g/mol. The molecule has 1 aromatic rings. The fourth-order valence-corrected chi connectivity index (χ4v) is 3.27. The highest BCUT2D eigenvalue weighted by Gasteiger charge is 2.61. The predicted octanol–water partition coefficient (Wildman–Crippen LogP) is 3.63. The molecule has 1 aromatic carbocycles. The van der Waals surface area contributed by atoms with Crippen molar-refractivity contribution in [2.75, 3.05) is 0 Å². The molecule has 5 rings (SSSR count). The topological polar surface area (TPSA) is 12.5 Å². The summed E-state index contributed by atoms with van der Waals surface area (Å²) in [5.74, 6) is 1.09. The van der Waals surface area contributed by atoms with Crippen molar-refractivity contribution in [3.63, 3.8) is 0 Å². The Morgan fingerprint density at radius 1 is 1.00 bits per heavy atom. The second-order valence-electron chi connectivity index (χ2n) is 5.02. The van der Waals surface area contributed by atoms with Gasteiger partial charge in [-0.15, -0.1) is 0 Å². The van der Waals surface area contributed by atoms with E-state index in [4.69, 9.17) is 4.74 Å². The molecule has 1 heteroatoms. The van der Waals surface area contributed by atoms with Crippen LogP contribution in [0.25, 0.3) is 6.08 Å². The van der Waals surface area contributed by atoms with Gasteiger partial charge < -0.3 is 4.74 Å². The molecule has 1 fully saturated rings.